The lowest BCUT2D eigenvalue weighted by Crippen LogP contribution is -2.56. The Hall–Kier alpha value is -3.07. The molecule has 29 heavy (non-hydrogen) atoms. The number of nitrogens with one attached hydrogen (secondary N) is 3. The molecule has 1 aliphatic rings. The maximum absolute atomic E-state index is 12.6. The fraction of sp³-hybridized carbons (Fsp3) is 0.300. The van der Waals surface area contributed by atoms with Gasteiger partial charge in [0.2, 0.25) is 11.8 Å². The quantitative estimate of drug-likeness (QED) is 0.712. The summed E-state index contributed by atoms with van der Waals surface area (Å²) >= 11 is 0. The number of benzene rings is 2. The highest BCUT2D eigenvalue weighted by Gasteiger charge is 2.32. The summed E-state index contributed by atoms with van der Waals surface area (Å²) in [5.41, 5.74) is 1.43. The van der Waals surface area contributed by atoms with Crippen LogP contribution in [-0.4, -0.2) is 24.2 Å². The van der Waals surface area contributed by atoms with Gasteiger partial charge in [-0.05, 0) is 30.2 Å². The summed E-state index contributed by atoms with van der Waals surface area (Å²) in [7, 11) is 0. The Kier molecular flexibility index (Phi) is 6.07. The fourth-order valence-corrected chi connectivity index (χ4v) is 3.06. The summed E-state index contributed by atoms with van der Waals surface area (Å²) in [6, 6.07) is 13.3. The van der Waals surface area contributed by atoms with Crippen LogP contribution in [0, 0.1) is 0 Å². The molecule has 2 aromatic carbocycles. The number of amides is 2. The zero-order valence-electron chi connectivity index (χ0n) is 15.5. The van der Waals surface area contributed by atoms with E-state index in [4.69, 9.17) is 0 Å². The van der Waals surface area contributed by atoms with E-state index in [0.717, 1.165) is 5.56 Å². The Morgan fingerprint density at radius 3 is 2.41 bits per heavy atom. The van der Waals surface area contributed by atoms with E-state index in [1.165, 1.54) is 24.3 Å². The van der Waals surface area contributed by atoms with E-state index in [2.05, 4.69) is 20.7 Å². The molecule has 2 amide bonds. The lowest BCUT2D eigenvalue weighted by molar-refractivity contribution is -0.274. The number of rotatable bonds is 5. The molecular weight excluding hydrogens is 387 g/mol. The predicted molar refractivity (Wildman–Crippen MR) is 98.5 cm³/mol. The van der Waals surface area contributed by atoms with Crippen molar-refractivity contribution in [1.29, 1.82) is 0 Å². The monoisotopic (exact) mass is 407 g/mol. The first kappa shape index (κ1) is 20.7. The van der Waals surface area contributed by atoms with Crippen LogP contribution in [-0.2, 0) is 9.59 Å². The SMILES string of the molecule is C[C@@H](NC(=O)C1CC(=O)NC(c2ccccc2)N1)c1ccc(OC(F)(F)F)cc1. The van der Waals surface area contributed by atoms with Crippen molar-refractivity contribution in [3.8, 4) is 5.75 Å². The van der Waals surface area contributed by atoms with E-state index in [9.17, 15) is 22.8 Å². The molecule has 0 saturated carbocycles. The summed E-state index contributed by atoms with van der Waals surface area (Å²) in [6.07, 6.45) is -5.26. The van der Waals surface area contributed by atoms with Crippen molar-refractivity contribution < 1.29 is 27.5 Å². The van der Waals surface area contributed by atoms with Crippen molar-refractivity contribution in [2.75, 3.05) is 0 Å². The third-order valence-electron chi connectivity index (χ3n) is 4.48. The zero-order chi connectivity index (χ0) is 21.0. The molecule has 2 aromatic rings. The van der Waals surface area contributed by atoms with Crippen LogP contribution < -0.4 is 20.7 Å². The van der Waals surface area contributed by atoms with E-state index in [-0.39, 0.29) is 24.0 Å². The molecule has 154 valence electrons. The first-order valence-electron chi connectivity index (χ1n) is 8.98. The van der Waals surface area contributed by atoms with Gasteiger partial charge in [-0.15, -0.1) is 13.2 Å². The van der Waals surface area contributed by atoms with Crippen LogP contribution in [0.2, 0.25) is 0 Å². The van der Waals surface area contributed by atoms with E-state index < -0.39 is 24.6 Å². The Morgan fingerprint density at radius 1 is 1.14 bits per heavy atom. The Balaban J connectivity index is 1.62. The second-order valence-corrected chi connectivity index (χ2v) is 6.68. The van der Waals surface area contributed by atoms with Crippen LogP contribution in [0.25, 0.3) is 0 Å². The minimum absolute atomic E-state index is 0.0136. The lowest BCUT2D eigenvalue weighted by atomic mass is 10.0. The van der Waals surface area contributed by atoms with Crippen molar-refractivity contribution in [2.24, 2.45) is 0 Å². The first-order valence-corrected chi connectivity index (χ1v) is 8.98. The molecule has 0 aliphatic carbocycles. The molecule has 1 heterocycles. The Labute approximate surface area is 165 Å². The van der Waals surface area contributed by atoms with Gasteiger partial charge in [0.25, 0.3) is 0 Å². The number of hydrogen-bond donors (Lipinski definition) is 3. The van der Waals surface area contributed by atoms with E-state index >= 15 is 0 Å². The number of carbonyl (C=O) groups is 2. The average Bonchev–Trinajstić information content (AvgIpc) is 2.67. The van der Waals surface area contributed by atoms with E-state index in [0.29, 0.717) is 5.56 Å². The summed E-state index contributed by atoms with van der Waals surface area (Å²) in [4.78, 5) is 24.7. The van der Waals surface area contributed by atoms with E-state index in [1.54, 1.807) is 6.92 Å². The van der Waals surface area contributed by atoms with Gasteiger partial charge in [-0.1, -0.05) is 42.5 Å². The van der Waals surface area contributed by atoms with Gasteiger partial charge in [0.1, 0.15) is 11.9 Å². The van der Waals surface area contributed by atoms with Crippen LogP contribution in [0.4, 0.5) is 13.2 Å². The summed E-state index contributed by atoms with van der Waals surface area (Å²) < 4.78 is 40.6. The van der Waals surface area contributed by atoms with Gasteiger partial charge in [-0.25, -0.2) is 0 Å². The molecular formula is C20H20F3N3O3. The fourth-order valence-electron chi connectivity index (χ4n) is 3.06. The van der Waals surface area contributed by atoms with Crippen molar-refractivity contribution in [3.05, 3.63) is 65.7 Å². The predicted octanol–water partition coefficient (Wildman–Crippen LogP) is 2.94. The normalized spacial score (nSPS) is 20.5. The van der Waals surface area contributed by atoms with Crippen LogP contribution in [0.15, 0.2) is 54.6 Å². The highest BCUT2D eigenvalue weighted by molar-refractivity contribution is 5.89. The van der Waals surface area contributed by atoms with Crippen molar-refractivity contribution in [3.63, 3.8) is 0 Å². The Morgan fingerprint density at radius 2 is 1.79 bits per heavy atom. The van der Waals surface area contributed by atoms with Crippen molar-refractivity contribution in [1.82, 2.24) is 16.0 Å². The molecule has 6 nitrogen and oxygen atoms in total. The van der Waals surface area contributed by atoms with Crippen molar-refractivity contribution >= 4 is 11.8 Å². The van der Waals surface area contributed by atoms with Gasteiger partial charge in [0.15, 0.2) is 0 Å². The Bertz CT molecular complexity index is 857. The van der Waals surface area contributed by atoms with Gasteiger partial charge >= 0.3 is 6.36 Å². The van der Waals surface area contributed by atoms with Crippen LogP contribution in [0.5, 0.6) is 5.75 Å². The summed E-state index contributed by atoms with van der Waals surface area (Å²) in [6.45, 7) is 1.70. The standard InChI is InChI=1S/C20H20F3N3O3/c1-12(13-7-9-15(10-8-13)29-20(21,22)23)24-19(28)16-11-17(27)26-18(25-16)14-5-3-2-4-6-14/h2-10,12,16,18,25H,11H2,1H3,(H,24,28)(H,26,27)/t12-,16?,18?/m1/s1. The topological polar surface area (TPSA) is 79.5 Å². The number of carbonyl (C=O) groups excluding carboxylic acids is 2. The lowest BCUT2D eigenvalue weighted by Gasteiger charge is -2.31. The first-order chi connectivity index (χ1) is 13.7. The molecule has 9 heteroatoms. The minimum Gasteiger partial charge on any atom is -0.406 e. The number of halogens is 3. The summed E-state index contributed by atoms with van der Waals surface area (Å²) in [5, 5.41) is 8.68. The van der Waals surface area contributed by atoms with Gasteiger partial charge in [-0.2, -0.15) is 0 Å². The molecule has 2 unspecified atom stereocenters. The van der Waals surface area contributed by atoms with Gasteiger partial charge in [-0.3, -0.25) is 14.9 Å². The van der Waals surface area contributed by atoms with Gasteiger partial charge in [0.05, 0.1) is 18.5 Å². The molecule has 3 N–H and O–H groups in total. The molecule has 0 bridgehead atoms. The highest BCUT2D eigenvalue weighted by Crippen LogP contribution is 2.24. The molecule has 3 atom stereocenters. The highest BCUT2D eigenvalue weighted by atomic mass is 19.4. The minimum atomic E-state index is -4.76. The second-order valence-electron chi connectivity index (χ2n) is 6.68. The van der Waals surface area contributed by atoms with Crippen molar-refractivity contribution in [2.45, 2.75) is 38.0 Å². The van der Waals surface area contributed by atoms with Crippen LogP contribution >= 0.6 is 0 Å². The smallest absolute Gasteiger partial charge is 0.406 e. The molecule has 1 fully saturated rings. The second kappa shape index (κ2) is 8.52. The molecule has 0 spiro atoms. The molecule has 1 aliphatic heterocycles. The largest absolute Gasteiger partial charge is 0.573 e. The molecule has 1 saturated heterocycles. The molecule has 3 rings (SSSR count). The van der Waals surface area contributed by atoms with Crippen LogP contribution in [0.1, 0.15) is 36.7 Å². The maximum Gasteiger partial charge on any atom is 0.573 e. The third-order valence-corrected chi connectivity index (χ3v) is 4.48. The number of alkyl halides is 3. The molecule has 0 radical (unpaired) electrons. The maximum atomic E-state index is 12.6. The van der Waals surface area contributed by atoms with Gasteiger partial charge in [0, 0.05) is 0 Å². The summed E-state index contributed by atoms with van der Waals surface area (Å²) in [5.74, 6) is -0.959. The number of hydrogen-bond acceptors (Lipinski definition) is 4. The third kappa shape index (κ3) is 5.71. The molecule has 0 aromatic heterocycles. The van der Waals surface area contributed by atoms with Crippen LogP contribution in [0.3, 0.4) is 0 Å². The average molecular weight is 407 g/mol. The zero-order valence-corrected chi connectivity index (χ0v) is 15.5. The number of ether oxygens (including phenoxy) is 1. The van der Waals surface area contributed by atoms with E-state index in [1.807, 2.05) is 30.3 Å². The van der Waals surface area contributed by atoms with Gasteiger partial charge < -0.3 is 15.4 Å².